The Morgan fingerprint density at radius 3 is 2.52 bits per heavy atom. The van der Waals surface area contributed by atoms with Crippen LogP contribution in [-0.2, 0) is 4.74 Å². The van der Waals surface area contributed by atoms with E-state index in [0.29, 0.717) is 12.6 Å². The van der Waals surface area contributed by atoms with Crippen molar-refractivity contribution < 1.29 is 9.53 Å². The maximum atomic E-state index is 11.5. The van der Waals surface area contributed by atoms with Gasteiger partial charge in [0.05, 0.1) is 0 Å². The van der Waals surface area contributed by atoms with Gasteiger partial charge in [0.25, 0.3) is 0 Å². The number of rotatable bonds is 6. The molecule has 1 rings (SSSR count). The van der Waals surface area contributed by atoms with Crippen LogP contribution >= 0.6 is 11.8 Å². The second-order valence-electron chi connectivity index (χ2n) is 6.79. The Morgan fingerprint density at radius 1 is 1.26 bits per heavy atom. The fourth-order valence-corrected chi connectivity index (χ4v) is 3.27. The SMILES string of the molecule is CN=C(NCCCNC(=O)OC(C)(C)C)NC1CCC(SC)C1. The molecule has 0 aromatic carbocycles. The van der Waals surface area contributed by atoms with Gasteiger partial charge in [-0.1, -0.05) is 0 Å². The van der Waals surface area contributed by atoms with E-state index in [9.17, 15) is 4.79 Å². The minimum absolute atomic E-state index is 0.367. The molecule has 1 aliphatic carbocycles. The Bertz CT molecular complexity index is 396. The van der Waals surface area contributed by atoms with Gasteiger partial charge in [-0.05, 0) is 52.7 Å². The number of hydrogen-bond acceptors (Lipinski definition) is 4. The lowest BCUT2D eigenvalue weighted by Crippen LogP contribution is -2.43. The largest absolute Gasteiger partial charge is 0.444 e. The first-order valence-corrected chi connectivity index (χ1v) is 9.59. The number of alkyl carbamates (subject to hydrolysis) is 1. The third-order valence-electron chi connectivity index (χ3n) is 3.60. The molecular weight excluding hydrogens is 312 g/mol. The molecule has 0 heterocycles. The monoisotopic (exact) mass is 344 g/mol. The number of aliphatic imine (C=N–C) groups is 1. The molecule has 134 valence electrons. The highest BCUT2D eigenvalue weighted by molar-refractivity contribution is 7.99. The van der Waals surface area contributed by atoms with Gasteiger partial charge >= 0.3 is 6.09 Å². The van der Waals surface area contributed by atoms with E-state index in [1.807, 2.05) is 32.5 Å². The lowest BCUT2D eigenvalue weighted by Gasteiger charge is -2.20. The molecule has 1 fully saturated rings. The molecule has 0 radical (unpaired) electrons. The van der Waals surface area contributed by atoms with Crippen molar-refractivity contribution in [3.05, 3.63) is 0 Å². The molecule has 1 aliphatic rings. The third kappa shape index (κ3) is 8.93. The highest BCUT2D eigenvalue weighted by atomic mass is 32.2. The van der Waals surface area contributed by atoms with Crippen LogP contribution < -0.4 is 16.0 Å². The highest BCUT2D eigenvalue weighted by Crippen LogP contribution is 2.27. The van der Waals surface area contributed by atoms with Gasteiger partial charge in [-0.15, -0.1) is 0 Å². The summed E-state index contributed by atoms with van der Waals surface area (Å²) in [6.07, 6.45) is 6.30. The Hall–Kier alpha value is -1.11. The molecule has 0 aliphatic heterocycles. The van der Waals surface area contributed by atoms with E-state index < -0.39 is 5.60 Å². The van der Waals surface area contributed by atoms with Gasteiger partial charge in [-0.3, -0.25) is 4.99 Å². The van der Waals surface area contributed by atoms with E-state index in [1.54, 1.807) is 7.05 Å². The molecule has 2 unspecified atom stereocenters. The Morgan fingerprint density at radius 2 is 1.96 bits per heavy atom. The molecule has 2 atom stereocenters. The van der Waals surface area contributed by atoms with Crippen molar-refractivity contribution in [1.82, 2.24) is 16.0 Å². The van der Waals surface area contributed by atoms with E-state index in [4.69, 9.17) is 4.74 Å². The summed E-state index contributed by atoms with van der Waals surface area (Å²) in [6, 6.07) is 0.513. The van der Waals surface area contributed by atoms with Crippen LogP contribution in [0.3, 0.4) is 0 Å². The van der Waals surface area contributed by atoms with Crippen molar-refractivity contribution in [3.63, 3.8) is 0 Å². The number of carbonyl (C=O) groups excluding carboxylic acids is 1. The summed E-state index contributed by atoms with van der Waals surface area (Å²) in [5.74, 6) is 0.842. The first-order valence-electron chi connectivity index (χ1n) is 8.31. The molecule has 1 saturated carbocycles. The fraction of sp³-hybridized carbons (Fsp3) is 0.875. The lowest BCUT2D eigenvalue weighted by atomic mass is 10.2. The topological polar surface area (TPSA) is 74.8 Å². The molecule has 7 heteroatoms. The van der Waals surface area contributed by atoms with E-state index in [0.717, 1.165) is 24.2 Å². The van der Waals surface area contributed by atoms with Crippen LogP contribution in [0.1, 0.15) is 46.5 Å². The minimum Gasteiger partial charge on any atom is -0.444 e. The zero-order valence-electron chi connectivity index (χ0n) is 15.1. The van der Waals surface area contributed by atoms with Crippen LogP contribution in [0, 0.1) is 0 Å². The standard InChI is InChI=1S/C16H32N4O2S/c1-16(2,3)22-15(21)19-10-6-9-18-14(17-4)20-12-7-8-13(11-12)23-5/h12-13H,6-11H2,1-5H3,(H,19,21)(H2,17,18,20). The molecule has 0 aromatic heterocycles. The van der Waals surface area contributed by atoms with E-state index in [1.165, 1.54) is 19.3 Å². The third-order valence-corrected chi connectivity index (χ3v) is 4.69. The van der Waals surface area contributed by atoms with Crippen LogP contribution in [0.2, 0.25) is 0 Å². The van der Waals surface area contributed by atoms with E-state index in [2.05, 4.69) is 27.2 Å². The highest BCUT2D eigenvalue weighted by Gasteiger charge is 2.24. The predicted octanol–water partition coefficient (Wildman–Crippen LogP) is 2.35. The number of guanidine groups is 1. The number of hydrogen-bond donors (Lipinski definition) is 3. The average Bonchev–Trinajstić information content (AvgIpc) is 2.91. The summed E-state index contributed by atoms with van der Waals surface area (Å²) in [6.45, 7) is 6.91. The first kappa shape index (κ1) is 19.9. The van der Waals surface area contributed by atoms with Crippen molar-refractivity contribution in [2.75, 3.05) is 26.4 Å². The van der Waals surface area contributed by atoms with Gasteiger partial charge in [0.1, 0.15) is 5.60 Å². The Kier molecular flexibility index (Phi) is 8.58. The number of ether oxygens (including phenoxy) is 1. The van der Waals surface area contributed by atoms with E-state index in [-0.39, 0.29) is 6.09 Å². The van der Waals surface area contributed by atoms with Crippen molar-refractivity contribution in [2.45, 2.75) is 63.3 Å². The average molecular weight is 345 g/mol. The Balaban J connectivity index is 2.13. The lowest BCUT2D eigenvalue weighted by molar-refractivity contribution is 0.0527. The molecular formula is C16H32N4O2S. The maximum Gasteiger partial charge on any atom is 0.407 e. The van der Waals surface area contributed by atoms with Crippen molar-refractivity contribution in [3.8, 4) is 0 Å². The van der Waals surface area contributed by atoms with Crippen LogP contribution in [0.25, 0.3) is 0 Å². The van der Waals surface area contributed by atoms with Gasteiger partial charge in [-0.2, -0.15) is 11.8 Å². The number of amides is 1. The summed E-state index contributed by atoms with van der Waals surface area (Å²) in [7, 11) is 1.79. The van der Waals surface area contributed by atoms with Crippen molar-refractivity contribution in [1.29, 1.82) is 0 Å². The number of nitrogens with one attached hydrogen (secondary N) is 3. The smallest absolute Gasteiger partial charge is 0.407 e. The van der Waals surface area contributed by atoms with Crippen molar-refractivity contribution in [2.24, 2.45) is 4.99 Å². The number of nitrogens with zero attached hydrogens (tertiary/aromatic N) is 1. The second kappa shape index (κ2) is 9.90. The summed E-state index contributed by atoms with van der Waals surface area (Å²) in [5, 5.41) is 10.3. The Labute approximate surface area is 144 Å². The van der Waals surface area contributed by atoms with Crippen LogP contribution in [-0.4, -0.2) is 55.3 Å². The zero-order valence-corrected chi connectivity index (χ0v) is 15.9. The van der Waals surface area contributed by atoms with Crippen LogP contribution in [0.4, 0.5) is 4.79 Å². The number of thioether (sulfide) groups is 1. The summed E-state index contributed by atoms with van der Waals surface area (Å²) >= 11 is 1.95. The van der Waals surface area contributed by atoms with Gasteiger partial charge in [0.15, 0.2) is 5.96 Å². The van der Waals surface area contributed by atoms with E-state index >= 15 is 0 Å². The van der Waals surface area contributed by atoms with Crippen LogP contribution in [0.15, 0.2) is 4.99 Å². The first-order chi connectivity index (χ1) is 10.8. The van der Waals surface area contributed by atoms with Gasteiger partial charge in [-0.25, -0.2) is 4.79 Å². The molecule has 0 bridgehead atoms. The summed E-state index contributed by atoms with van der Waals surface area (Å²) in [4.78, 5) is 15.8. The zero-order chi connectivity index (χ0) is 17.3. The summed E-state index contributed by atoms with van der Waals surface area (Å²) < 4.78 is 5.19. The maximum absolute atomic E-state index is 11.5. The fourth-order valence-electron chi connectivity index (χ4n) is 2.47. The van der Waals surface area contributed by atoms with Gasteiger partial charge in [0, 0.05) is 31.4 Å². The normalized spacial score (nSPS) is 21.9. The molecule has 0 aromatic rings. The molecule has 0 saturated heterocycles. The molecule has 1 amide bonds. The molecule has 6 nitrogen and oxygen atoms in total. The van der Waals surface area contributed by atoms with Gasteiger partial charge in [0.2, 0.25) is 0 Å². The molecule has 23 heavy (non-hydrogen) atoms. The second-order valence-corrected chi connectivity index (χ2v) is 7.93. The molecule has 0 spiro atoms. The minimum atomic E-state index is -0.454. The molecule has 3 N–H and O–H groups in total. The predicted molar refractivity (Wildman–Crippen MR) is 98.3 cm³/mol. The van der Waals surface area contributed by atoms with Crippen molar-refractivity contribution >= 4 is 23.8 Å². The van der Waals surface area contributed by atoms with Crippen LogP contribution in [0.5, 0.6) is 0 Å². The summed E-state index contributed by atoms with van der Waals surface area (Å²) in [5.41, 5.74) is -0.454. The number of carbonyl (C=O) groups is 1. The van der Waals surface area contributed by atoms with Gasteiger partial charge < -0.3 is 20.7 Å². The quantitative estimate of drug-likeness (QED) is 0.392.